The molecule has 1 amide bonds. The summed E-state index contributed by atoms with van der Waals surface area (Å²) in [6.45, 7) is 7.76. The Morgan fingerprint density at radius 3 is 2.42 bits per heavy atom. The minimum absolute atomic E-state index is 0.161. The number of rotatable bonds is 3. The molecule has 1 aliphatic heterocycles. The van der Waals surface area contributed by atoms with Crippen molar-refractivity contribution in [2.75, 3.05) is 4.90 Å². The van der Waals surface area contributed by atoms with Crippen LogP contribution < -0.4 is 4.90 Å². The standard InChI is InChI=1S/C21H21ClN2O2/c1-12(2)17-11-18(13(3)9-20(17)25)24-14(4)23-21(26)19(24)10-15-5-7-16(22)8-6-15/h5-12,25H,1-4H3/b19-10+. The zero-order valence-electron chi connectivity index (χ0n) is 15.2. The van der Waals surface area contributed by atoms with Gasteiger partial charge in [-0.1, -0.05) is 37.6 Å². The van der Waals surface area contributed by atoms with Crippen molar-refractivity contribution in [3.05, 3.63) is 63.8 Å². The van der Waals surface area contributed by atoms with E-state index in [1.54, 1.807) is 24.3 Å². The Kier molecular flexibility index (Phi) is 4.88. The second kappa shape index (κ2) is 6.96. The van der Waals surface area contributed by atoms with Crippen molar-refractivity contribution in [1.29, 1.82) is 0 Å². The Balaban J connectivity index is 2.12. The average Bonchev–Trinajstić information content (AvgIpc) is 2.83. The van der Waals surface area contributed by atoms with E-state index in [0.717, 1.165) is 22.4 Å². The number of amidine groups is 1. The van der Waals surface area contributed by atoms with E-state index < -0.39 is 0 Å². The van der Waals surface area contributed by atoms with Crippen LogP contribution in [0.2, 0.25) is 5.02 Å². The van der Waals surface area contributed by atoms with Gasteiger partial charge in [-0.05, 0) is 66.8 Å². The van der Waals surface area contributed by atoms with Crippen LogP contribution in [0.25, 0.3) is 6.08 Å². The van der Waals surface area contributed by atoms with Gasteiger partial charge < -0.3 is 5.11 Å². The molecule has 134 valence electrons. The van der Waals surface area contributed by atoms with Gasteiger partial charge >= 0.3 is 0 Å². The third kappa shape index (κ3) is 3.37. The fraction of sp³-hybridized carbons (Fsp3) is 0.238. The van der Waals surface area contributed by atoms with Crippen molar-refractivity contribution in [2.24, 2.45) is 4.99 Å². The van der Waals surface area contributed by atoms with E-state index >= 15 is 0 Å². The lowest BCUT2D eigenvalue weighted by Crippen LogP contribution is -2.25. The minimum atomic E-state index is -0.281. The number of carbonyl (C=O) groups is 1. The Morgan fingerprint density at radius 1 is 1.15 bits per heavy atom. The molecule has 2 aromatic carbocycles. The first-order chi connectivity index (χ1) is 12.3. The molecule has 5 heteroatoms. The van der Waals surface area contributed by atoms with Crippen LogP contribution >= 0.6 is 11.6 Å². The summed E-state index contributed by atoms with van der Waals surface area (Å²) in [4.78, 5) is 18.4. The zero-order chi connectivity index (χ0) is 19.0. The van der Waals surface area contributed by atoms with E-state index in [9.17, 15) is 9.90 Å². The molecule has 26 heavy (non-hydrogen) atoms. The lowest BCUT2D eigenvalue weighted by atomic mass is 9.98. The van der Waals surface area contributed by atoms with Gasteiger partial charge in [-0.25, -0.2) is 0 Å². The largest absolute Gasteiger partial charge is 0.508 e. The van der Waals surface area contributed by atoms with Gasteiger partial charge in [0, 0.05) is 5.02 Å². The van der Waals surface area contributed by atoms with E-state index in [1.807, 2.05) is 50.8 Å². The smallest absolute Gasteiger partial charge is 0.295 e. The van der Waals surface area contributed by atoms with Crippen LogP contribution in [-0.4, -0.2) is 16.8 Å². The van der Waals surface area contributed by atoms with Crippen LogP contribution in [0.1, 0.15) is 43.4 Å². The van der Waals surface area contributed by atoms with Crippen LogP contribution in [0.15, 0.2) is 47.1 Å². The van der Waals surface area contributed by atoms with Crippen LogP contribution in [0.3, 0.4) is 0 Å². The summed E-state index contributed by atoms with van der Waals surface area (Å²) in [5, 5.41) is 10.9. The number of hydrogen-bond acceptors (Lipinski definition) is 3. The molecule has 3 rings (SSSR count). The first-order valence-corrected chi connectivity index (χ1v) is 8.86. The van der Waals surface area contributed by atoms with Gasteiger partial charge in [0.05, 0.1) is 5.69 Å². The number of aromatic hydroxyl groups is 1. The fourth-order valence-electron chi connectivity index (χ4n) is 3.07. The molecule has 0 spiro atoms. The Morgan fingerprint density at radius 2 is 1.81 bits per heavy atom. The van der Waals surface area contributed by atoms with Crippen molar-refractivity contribution in [2.45, 2.75) is 33.6 Å². The quantitative estimate of drug-likeness (QED) is 0.749. The number of nitrogens with zero attached hydrogens (tertiary/aromatic N) is 2. The van der Waals surface area contributed by atoms with E-state index in [0.29, 0.717) is 16.6 Å². The normalized spacial score (nSPS) is 15.9. The predicted molar refractivity (Wildman–Crippen MR) is 107 cm³/mol. The van der Waals surface area contributed by atoms with Crippen molar-refractivity contribution in [1.82, 2.24) is 0 Å². The Hall–Kier alpha value is -2.59. The maximum Gasteiger partial charge on any atom is 0.295 e. The molecule has 0 aliphatic carbocycles. The van der Waals surface area contributed by atoms with Gasteiger partial charge in [0.25, 0.3) is 5.91 Å². The number of anilines is 1. The number of aryl methyl sites for hydroxylation is 1. The predicted octanol–water partition coefficient (Wildman–Crippen LogP) is 5.28. The van der Waals surface area contributed by atoms with Crippen LogP contribution in [0, 0.1) is 6.92 Å². The van der Waals surface area contributed by atoms with Crippen LogP contribution in [-0.2, 0) is 4.79 Å². The minimum Gasteiger partial charge on any atom is -0.508 e. The highest BCUT2D eigenvalue weighted by atomic mass is 35.5. The van der Waals surface area contributed by atoms with Crippen LogP contribution in [0.4, 0.5) is 5.69 Å². The summed E-state index contributed by atoms with van der Waals surface area (Å²) in [6, 6.07) is 11.0. The maximum absolute atomic E-state index is 12.5. The molecule has 0 unspecified atom stereocenters. The van der Waals surface area contributed by atoms with E-state index in [1.165, 1.54) is 0 Å². The number of phenolic OH excluding ortho intramolecular Hbond substituents is 1. The highest BCUT2D eigenvalue weighted by molar-refractivity contribution is 6.30. The number of carbonyl (C=O) groups excluding carboxylic acids is 1. The second-order valence-corrected chi connectivity index (χ2v) is 7.17. The number of halogens is 1. The third-order valence-electron chi connectivity index (χ3n) is 4.43. The van der Waals surface area contributed by atoms with Gasteiger partial charge in [0.15, 0.2) is 0 Å². The summed E-state index contributed by atoms with van der Waals surface area (Å²) in [5.41, 5.74) is 3.90. The summed E-state index contributed by atoms with van der Waals surface area (Å²) in [5.74, 6) is 0.757. The molecule has 1 N–H and O–H groups in total. The molecule has 0 saturated carbocycles. The zero-order valence-corrected chi connectivity index (χ0v) is 16.0. The van der Waals surface area contributed by atoms with E-state index in [4.69, 9.17) is 11.6 Å². The molecule has 0 fully saturated rings. The molecule has 2 aromatic rings. The lowest BCUT2D eigenvalue weighted by molar-refractivity contribution is -0.113. The van der Waals surface area contributed by atoms with Crippen molar-refractivity contribution in [3.8, 4) is 5.75 Å². The van der Waals surface area contributed by atoms with E-state index in [-0.39, 0.29) is 17.6 Å². The fourth-order valence-corrected chi connectivity index (χ4v) is 3.20. The maximum atomic E-state index is 12.5. The number of benzene rings is 2. The summed E-state index contributed by atoms with van der Waals surface area (Å²) >= 11 is 5.94. The Bertz CT molecular complexity index is 928. The van der Waals surface area contributed by atoms with Gasteiger partial charge in [0.1, 0.15) is 17.3 Å². The SMILES string of the molecule is CC1=NC(=O)/C(=C\c2ccc(Cl)cc2)N1c1cc(C(C)C)c(O)cc1C. The Labute approximate surface area is 158 Å². The highest BCUT2D eigenvalue weighted by Crippen LogP contribution is 2.36. The number of hydrogen-bond donors (Lipinski definition) is 1. The lowest BCUT2D eigenvalue weighted by Gasteiger charge is -2.24. The monoisotopic (exact) mass is 368 g/mol. The first-order valence-electron chi connectivity index (χ1n) is 8.48. The topological polar surface area (TPSA) is 52.9 Å². The van der Waals surface area contributed by atoms with Crippen molar-refractivity contribution in [3.63, 3.8) is 0 Å². The number of aliphatic imine (C=N–C) groups is 1. The molecule has 1 heterocycles. The van der Waals surface area contributed by atoms with Gasteiger partial charge in [-0.2, -0.15) is 4.99 Å². The number of phenols is 1. The molecule has 0 aromatic heterocycles. The van der Waals surface area contributed by atoms with Gasteiger partial charge in [-0.15, -0.1) is 0 Å². The molecule has 4 nitrogen and oxygen atoms in total. The molecule has 1 aliphatic rings. The summed E-state index contributed by atoms with van der Waals surface area (Å²) < 4.78 is 0. The second-order valence-electron chi connectivity index (χ2n) is 6.73. The molecule has 0 bridgehead atoms. The summed E-state index contributed by atoms with van der Waals surface area (Å²) in [7, 11) is 0. The van der Waals surface area contributed by atoms with Gasteiger partial charge in [-0.3, -0.25) is 9.69 Å². The highest BCUT2D eigenvalue weighted by Gasteiger charge is 2.30. The van der Waals surface area contributed by atoms with E-state index in [2.05, 4.69) is 4.99 Å². The van der Waals surface area contributed by atoms with Crippen molar-refractivity contribution >= 4 is 35.1 Å². The molecule has 0 saturated heterocycles. The average molecular weight is 369 g/mol. The molecule has 0 atom stereocenters. The summed E-state index contributed by atoms with van der Waals surface area (Å²) in [6.07, 6.45) is 1.81. The third-order valence-corrected chi connectivity index (χ3v) is 4.68. The van der Waals surface area contributed by atoms with Crippen molar-refractivity contribution < 1.29 is 9.90 Å². The molecule has 0 radical (unpaired) electrons. The number of amides is 1. The molecular weight excluding hydrogens is 348 g/mol. The van der Waals surface area contributed by atoms with Crippen LogP contribution in [0.5, 0.6) is 5.75 Å². The van der Waals surface area contributed by atoms with Gasteiger partial charge in [0.2, 0.25) is 0 Å². The first kappa shape index (κ1) is 18.2. The molecular formula is C21H21ClN2O2.